The van der Waals surface area contributed by atoms with Gasteiger partial charge in [-0.1, -0.05) is 0 Å². The maximum atomic E-state index is 2.55. The Labute approximate surface area is 91.1 Å². The minimum atomic E-state index is -1.85. The number of benzene rings is 1. The fourth-order valence-electron chi connectivity index (χ4n) is 1.97. The number of rotatable bonds is 2. The first kappa shape index (κ1) is 11.8. The van der Waals surface area contributed by atoms with Gasteiger partial charge in [0.1, 0.15) is 0 Å². The van der Waals surface area contributed by atoms with Crippen LogP contribution >= 0.6 is 0 Å². The van der Waals surface area contributed by atoms with Crippen LogP contribution in [0.5, 0.6) is 0 Å². The molecule has 0 saturated heterocycles. The number of hydrogen-bond donors (Lipinski definition) is 0. The molecule has 0 fully saturated rings. The van der Waals surface area contributed by atoms with Crippen molar-refractivity contribution in [1.29, 1.82) is 0 Å². The van der Waals surface area contributed by atoms with Crippen molar-refractivity contribution in [1.82, 2.24) is 0 Å². The summed E-state index contributed by atoms with van der Waals surface area (Å²) in [5.74, 6) is 2.55. The van der Waals surface area contributed by atoms with Gasteiger partial charge in [-0.15, -0.1) is 0 Å². The maximum absolute atomic E-state index is 2.55. The SMILES string of the molecule is C[CH2][Ge]([CH3])([c]1ccccc1)[C](C)(C)C. The molecule has 1 rings (SSSR count). The molecule has 0 heterocycles. The first-order chi connectivity index (χ1) is 6.42. The van der Waals surface area contributed by atoms with Crippen LogP contribution in [-0.4, -0.2) is 13.3 Å². The summed E-state index contributed by atoms with van der Waals surface area (Å²) in [6.45, 7) is 9.58. The average molecular weight is 251 g/mol. The molecule has 0 N–H and O–H groups in total. The van der Waals surface area contributed by atoms with Crippen molar-refractivity contribution in [3.05, 3.63) is 30.3 Å². The normalized spacial score (nSPS) is 16.4. The van der Waals surface area contributed by atoms with Crippen molar-refractivity contribution in [2.24, 2.45) is 0 Å². The van der Waals surface area contributed by atoms with Crippen molar-refractivity contribution in [3.8, 4) is 0 Å². The second-order valence-corrected chi connectivity index (χ2v) is 16.7. The fourth-order valence-corrected chi connectivity index (χ4v) is 8.82. The van der Waals surface area contributed by atoms with Crippen molar-refractivity contribution >= 4 is 17.7 Å². The molecule has 0 bridgehead atoms. The molecule has 1 unspecified atom stereocenters. The summed E-state index contributed by atoms with van der Waals surface area (Å²) in [6.07, 6.45) is 0. The summed E-state index contributed by atoms with van der Waals surface area (Å²) in [7, 11) is 0. The van der Waals surface area contributed by atoms with E-state index >= 15 is 0 Å². The third-order valence-electron chi connectivity index (χ3n) is 3.77. The van der Waals surface area contributed by atoms with Crippen LogP contribution in [0.3, 0.4) is 0 Å². The zero-order valence-corrected chi connectivity index (χ0v) is 12.2. The average Bonchev–Trinajstić information content (AvgIpc) is 2.16. The van der Waals surface area contributed by atoms with E-state index < -0.39 is 13.3 Å². The van der Waals surface area contributed by atoms with E-state index in [0.29, 0.717) is 4.25 Å². The Morgan fingerprint density at radius 2 is 1.57 bits per heavy atom. The molecule has 1 aromatic carbocycles. The molecule has 0 aliphatic carbocycles. The Hall–Kier alpha value is -0.237. The fraction of sp³-hybridized carbons (Fsp3) is 0.538. The quantitative estimate of drug-likeness (QED) is 0.701. The zero-order valence-electron chi connectivity index (χ0n) is 10.1. The molecule has 0 amide bonds. The predicted molar refractivity (Wildman–Crippen MR) is 67.9 cm³/mol. The van der Waals surface area contributed by atoms with Crippen molar-refractivity contribution in [2.75, 3.05) is 0 Å². The van der Waals surface area contributed by atoms with Crippen LogP contribution < -0.4 is 4.40 Å². The molecule has 0 saturated carbocycles. The third kappa shape index (κ3) is 2.05. The van der Waals surface area contributed by atoms with Gasteiger partial charge in [-0.25, -0.2) is 0 Å². The van der Waals surface area contributed by atoms with E-state index in [-0.39, 0.29) is 0 Å². The molecule has 1 atom stereocenters. The molecule has 1 heteroatoms. The monoisotopic (exact) mass is 252 g/mol. The van der Waals surface area contributed by atoms with Crippen LogP contribution in [0.1, 0.15) is 27.7 Å². The van der Waals surface area contributed by atoms with Gasteiger partial charge in [-0.2, -0.15) is 0 Å². The first-order valence-corrected chi connectivity index (χ1v) is 11.2. The Morgan fingerprint density at radius 1 is 1.07 bits per heavy atom. The van der Waals surface area contributed by atoms with Gasteiger partial charge in [-0.05, 0) is 0 Å². The van der Waals surface area contributed by atoms with Crippen LogP contribution in [0.2, 0.25) is 15.3 Å². The van der Waals surface area contributed by atoms with Crippen LogP contribution in [0.15, 0.2) is 30.3 Å². The Morgan fingerprint density at radius 3 is 1.93 bits per heavy atom. The molecule has 0 aromatic heterocycles. The first-order valence-electron chi connectivity index (χ1n) is 5.47. The predicted octanol–water partition coefficient (Wildman–Crippen LogP) is 3.79. The second-order valence-electron chi connectivity index (χ2n) is 5.30. The van der Waals surface area contributed by atoms with E-state index in [2.05, 4.69) is 63.8 Å². The molecular formula is C13H22Ge. The van der Waals surface area contributed by atoms with Gasteiger partial charge in [-0.3, -0.25) is 0 Å². The van der Waals surface area contributed by atoms with Gasteiger partial charge in [0.2, 0.25) is 0 Å². The van der Waals surface area contributed by atoms with Crippen molar-refractivity contribution < 1.29 is 0 Å². The Bertz CT molecular complexity index is 284. The number of hydrogen-bond acceptors (Lipinski definition) is 0. The van der Waals surface area contributed by atoms with Crippen LogP contribution in [0, 0.1) is 0 Å². The van der Waals surface area contributed by atoms with Gasteiger partial charge in [0.15, 0.2) is 0 Å². The topological polar surface area (TPSA) is 0 Å². The van der Waals surface area contributed by atoms with Crippen LogP contribution in [0.25, 0.3) is 0 Å². The van der Waals surface area contributed by atoms with E-state index in [1.54, 1.807) is 4.40 Å². The molecule has 78 valence electrons. The van der Waals surface area contributed by atoms with Gasteiger partial charge in [0.05, 0.1) is 0 Å². The van der Waals surface area contributed by atoms with Crippen LogP contribution in [0.4, 0.5) is 0 Å². The molecule has 0 aliphatic rings. The molecule has 14 heavy (non-hydrogen) atoms. The van der Waals surface area contributed by atoms with Gasteiger partial charge < -0.3 is 0 Å². The van der Waals surface area contributed by atoms with E-state index in [1.165, 1.54) is 5.25 Å². The van der Waals surface area contributed by atoms with E-state index in [9.17, 15) is 0 Å². The van der Waals surface area contributed by atoms with E-state index in [0.717, 1.165) is 0 Å². The summed E-state index contributed by atoms with van der Waals surface area (Å²) in [4.78, 5) is 0. The summed E-state index contributed by atoms with van der Waals surface area (Å²) >= 11 is -1.85. The van der Waals surface area contributed by atoms with Gasteiger partial charge >= 0.3 is 90.9 Å². The molecular weight excluding hydrogens is 229 g/mol. The summed E-state index contributed by atoms with van der Waals surface area (Å²) < 4.78 is 2.14. The Balaban J connectivity index is 3.15. The summed E-state index contributed by atoms with van der Waals surface area (Å²) in [5.41, 5.74) is 0. The van der Waals surface area contributed by atoms with Gasteiger partial charge in [0, 0.05) is 0 Å². The standard InChI is InChI=1S/C13H22Ge/c1-6-14(5,13(2,3)4)12-10-8-7-9-11-12/h7-11H,6H2,1-5H3. The van der Waals surface area contributed by atoms with E-state index in [4.69, 9.17) is 0 Å². The van der Waals surface area contributed by atoms with Gasteiger partial charge in [0.25, 0.3) is 0 Å². The molecule has 0 nitrogen and oxygen atoms in total. The van der Waals surface area contributed by atoms with E-state index in [1.807, 2.05) is 0 Å². The zero-order chi connectivity index (χ0) is 10.8. The summed E-state index contributed by atoms with van der Waals surface area (Å²) in [5, 5.41) is 1.37. The minimum absolute atomic E-state index is 0.496. The molecule has 0 radical (unpaired) electrons. The van der Waals surface area contributed by atoms with Crippen molar-refractivity contribution in [3.63, 3.8) is 0 Å². The Kier molecular flexibility index (Phi) is 3.46. The summed E-state index contributed by atoms with van der Waals surface area (Å²) in [6, 6.07) is 11.1. The third-order valence-corrected chi connectivity index (χ3v) is 17.1. The second kappa shape index (κ2) is 4.10. The van der Waals surface area contributed by atoms with Crippen LogP contribution in [-0.2, 0) is 0 Å². The van der Waals surface area contributed by atoms with Crippen molar-refractivity contribution in [2.45, 2.75) is 43.0 Å². The molecule has 1 aromatic rings. The molecule has 0 spiro atoms. The molecule has 0 aliphatic heterocycles.